The lowest BCUT2D eigenvalue weighted by Gasteiger charge is -2.21. The molecule has 25 heavy (non-hydrogen) atoms. The number of carbonyl (C=O) groups is 1. The van der Waals surface area contributed by atoms with Gasteiger partial charge in [0, 0.05) is 36.7 Å². The predicted molar refractivity (Wildman–Crippen MR) is 98.7 cm³/mol. The third-order valence-corrected chi connectivity index (χ3v) is 4.88. The topological polar surface area (TPSA) is 34.5 Å². The van der Waals surface area contributed by atoms with Crippen LogP contribution < -0.4 is 4.74 Å². The summed E-state index contributed by atoms with van der Waals surface area (Å²) in [6.45, 7) is 4.59. The zero-order valence-corrected chi connectivity index (χ0v) is 14.4. The smallest absolute Gasteiger partial charge is 0.260 e. The lowest BCUT2D eigenvalue weighted by Crippen LogP contribution is -2.35. The molecule has 3 aromatic rings. The van der Waals surface area contributed by atoms with Crippen molar-refractivity contribution in [3.8, 4) is 5.75 Å². The van der Waals surface area contributed by atoms with Crippen molar-refractivity contribution >= 4 is 16.8 Å². The Morgan fingerprint density at radius 3 is 2.72 bits per heavy atom. The first-order valence-corrected chi connectivity index (χ1v) is 8.81. The Morgan fingerprint density at radius 1 is 1.08 bits per heavy atom. The number of ether oxygens (including phenoxy) is 1. The van der Waals surface area contributed by atoms with Gasteiger partial charge in [0.1, 0.15) is 5.75 Å². The standard InChI is InChI=1S/C21H22N2O2/c1-2-22-13-17-11-12-23(14-16-7-6-10-19(22)21(16)17)20(24)15-25-18-8-4-3-5-9-18/h3-10,13H,2,11-12,14-15H2,1H3. The molecule has 4 nitrogen and oxygen atoms in total. The van der Waals surface area contributed by atoms with Crippen molar-refractivity contribution < 1.29 is 9.53 Å². The minimum atomic E-state index is 0.0365. The van der Waals surface area contributed by atoms with Gasteiger partial charge in [-0.1, -0.05) is 30.3 Å². The van der Waals surface area contributed by atoms with Gasteiger partial charge in [0.2, 0.25) is 0 Å². The van der Waals surface area contributed by atoms with Crippen molar-refractivity contribution in [3.63, 3.8) is 0 Å². The lowest BCUT2D eigenvalue weighted by atomic mass is 10.1. The molecule has 4 heteroatoms. The number of benzene rings is 2. The van der Waals surface area contributed by atoms with Crippen LogP contribution in [0.25, 0.3) is 10.9 Å². The number of amides is 1. The highest BCUT2D eigenvalue weighted by Gasteiger charge is 2.22. The Kier molecular flexibility index (Phi) is 4.18. The largest absolute Gasteiger partial charge is 0.484 e. The first-order valence-electron chi connectivity index (χ1n) is 8.81. The van der Waals surface area contributed by atoms with Crippen LogP contribution in [0.2, 0.25) is 0 Å². The molecule has 0 bridgehead atoms. The van der Waals surface area contributed by atoms with Crippen LogP contribution in [-0.2, 0) is 24.3 Å². The van der Waals surface area contributed by atoms with Gasteiger partial charge in [0.05, 0.1) is 0 Å². The van der Waals surface area contributed by atoms with Gasteiger partial charge in [-0.15, -0.1) is 0 Å². The van der Waals surface area contributed by atoms with Crippen molar-refractivity contribution in [3.05, 3.63) is 65.9 Å². The number of hydrogen-bond acceptors (Lipinski definition) is 2. The van der Waals surface area contributed by atoms with Crippen molar-refractivity contribution in [2.45, 2.75) is 26.4 Å². The van der Waals surface area contributed by atoms with Crippen LogP contribution in [0.4, 0.5) is 0 Å². The first-order chi connectivity index (χ1) is 12.3. The SMILES string of the molecule is CCn1cc2c3c(cccc31)CN(C(=O)COc1ccccc1)CC2. The molecule has 0 spiro atoms. The molecule has 2 aromatic carbocycles. The maximum atomic E-state index is 12.6. The van der Waals surface area contributed by atoms with Crippen LogP contribution in [0.5, 0.6) is 5.75 Å². The number of aryl methyl sites for hydroxylation is 1. The molecule has 4 rings (SSSR count). The van der Waals surface area contributed by atoms with E-state index in [9.17, 15) is 4.79 Å². The normalized spacial score (nSPS) is 13.7. The number of nitrogens with zero attached hydrogens (tertiary/aromatic N) is 2. The van der Waals surface area contributed by atoms with E-state index < -0.39 is 0 Å². The minimum absolute atomic E-state index is 0.0365. The maximum Gasteiger partial charge on any atom is 0.260 e. The molecule has 0 radical (unpaired) electrons. The third-order valence-electron chi connectivity index (χ3n) is 4.88. The van der Waals surface area contributed by atoms with E-state index in [0.29, 0.717) is 6.54 Å². The second-order valence-electron chi connectivity index (χ2n) is 6.42. The van der Waals surface area contributed by atoms with Crippen molar-refractivity contribution in [2.24, 2.45) is 0 Å². The van der Waals surface area contributed by atoms with Crippen LogP contribution in [0.1, 0.15) is 18.1 Å². The Morgan fingerprint density at radius 2 is 1.92 bits per heavy atom. The van der Waals surface area contributed by atoms with Crippen LogP contribution >= 0.6 is 0 Å². The van der Waals surface area contributed by atoms with Crippen LogP contribution in [0.3, 0.4) is 0 Å². The van der Waals surface area contributed by atoms with E-state index in [1.165, 1.54) is 22.0 Å². The number of para-hydroxylation sites is 1. The molecule has 2 heterocycles. The van der Waals surface area contributed by atoms with Gasteiger partial charge in [-0.3, -0.25) is 4.79 Å². The zero-order valence-electron chi connectivity index (χ0n) is 14.4. The molecule has 1 aliphatic rings. The Labute approximate surface area is 147 Å². The minimum Gasteiger partial charge on any atom is -0.484 e. The highest BCUT2D eigenvalue weighted by Crippen LogP contribution is 2.29. The van der Waals surface area contributed by atoms with Gasteiger partial charge >= 0.3 is 0 Å². The van der Waals surface area contributed by atoms with E-state index in [1.807, 2.05) is 35.2 Å². The molecule has 0 atom stereocenters. The molecule has 1 amide bonds. The summed E-state index contributed by atoms with van der Waals surface area (Å²) in [4.78, 5) is 14.5. The average Bonchev–Trinajstić information content (AvgIpc) is 2.91. The van der Waals surface area contributed by atoms with E-state index in [0.717, 1.165) is 25.3 Å². The molecule has 0 saturated heterocycles. The van der Waals surface area contributed by atoms with E-state index in [-0.39, 0.29) is 12.5 Å². The number of carbonyl (C=O) groups excluding carboxylic acids is 1. The summed E-state index contributed by atoms with van der Waals surface area (Å²) in [6, 6.07) is 15.9. The quantitative estimate of drug-likeness (QED) is 0.730. The van der Waals surface area contributed by atoms with Gasteiger partial charge < -0.3 is 14.2 Å². The third kappa shape index (κ3) is 3.00. The second-order valence-corrected chi connectivity index (χ2v) is 6.42. The molecule has 1 aromatic heterocycles. The highest BCUT2D eigenvalue weighted by molar-refractivity contribution is 5.88. The summed E-state index contributed by atoms with van der Waals surface area (Å²) in [5.74, 6) is 0.767. The molecule has 0 fully saturated rings. The van der Waals surface area contributed by atoms with Crippen molar-refractivity contribution in [1.82, 2.24) is 9.47 Å². The number of hydrogen-bond donors (Lipinski definition) is 0. The Hall–Kier alpha value is -2.75. The fraction of sp³-hybridized carbons (Fsp3) is 0.286. The summed E-state index contributed by atoms with van der Waals surface area (Å²) in [5, 5.41) is 1.32. The van der Waals surface area contributed by atoms with Gasteiger partial charge in [-0.25, -0.2) is 0 Å². The van der Waals surface area contributed by atoms with E-state index >= 15 is 0 Å². The van der Waals surface area contributed by atoms with E-state index in [2.05, 4.69) is 35.9 Å². The summed E-state index contributed by atoms with van der Waals surface area (Å²) >= 11 is 0. The molecule has 0 N–H and O–H groups in total. The average molecular weight is 334 g/mol. The number of aromatic nitrogens is 1. The summed E-state index contributed by atoms with van der Waals surface area (Å²) in [7, 11) is 0. The molecule has 0 saturated carbocycles. The van der Waals surface area contributed by atoms with Crippen LogP contribution in [0.15, 0.2) is 54.7 Å². The predicted octanol–water partition coefficient (Wildman–Crippen LogP) is 3.62. The number of rotatable bonds is 4. The highest BCUT2D eigenvalue weighted by atomic mass is 16.5. The molecule has 0 unspecified atom stereocenters. The van der Waals surface area contributed by atoms with E-state index in [4.69, 9.17) is 4.74 Å². The van der Waals surface area contributed by atoms with Crippen molar-refractivity contribution in [2.75, 3.05) is 13.2 Å². The van der Waals surface area contributed by atoms with Gasteiger partial charge in [0.15, 0.2) is 6.61 Å². The fourth-order valence-electron chi connectivity index (χ4n) is 3.61. The Bertz CT molecular complexity index is 899. The monoisotopic (exact) mass is 334 g/mol. The zero-order chi connectivity index (χ0) is 17.2. The van der Waals surface area contributed by atoms with Crippen LogP contribution in [-0.4, -0.2) is 28.5 Å². The summed E-state index contributed by atoms with van der Waals surface area (Å²) in [6.07, 6.45) is 3.13. The first kappa shape index (κ1) is 15.8. The molecular formula is C21H22N2O2. The van der Waals surface area contributed by atoms with Crippen molar-refractivity contribution in [1.29, 1.82) is 0 Å². The molecule has 0 aliphatic carbocycles. The lowest BCUT2D eigenvalue weighted by molar-refractivity contribution is -0.133. The van der Waals surface area contributed by atoms with Gasteiger partial charge in [0.25, 0.3) is 5.91 Å². The van der Waals surface area contributed by atoms with Gasteiger partial charge in [-0.05, 0) is 42.7 Å². The molecule has 128 valence electrons. The van der Waals surface area contributed by atoms with Crippen LogP contribution in [0, 0.1) is 0 Å². The van der Waals surface area contributed by atoms with Gasteiger partial charge in [-0.2, -0.15) is 0 Å². The fourth-order valence-corrected chi connectivity index (χ4v) is 3.61. The maximum absolute atomic E-state index is 12.6. The summed E-state index contributed by atoms with van der Waals surface area (Å²) < 4.78 is 7.93. The molecule has 1 aliphatic heterocycles. The van der Waals surface area contributed by atoms with E-state index in [1.54, 1.807) is 0 Å². The second kappa shape index (κ2) is 6.63. The molecular weight excluding hydrogens is 312 g/mol. The summed E-state index contributed by atoms with van der Waals surface area (Å²) in [5.41, 5.74) is 3.84. The Balaban J connectivity index is 1.53.